The van der Waals surface area contributed by atoms with Gasteiger partial charge in [0.25, 0.3) is 0 Å². The summed E-state index contributed by atoms with van der Waals surface area (Å²) < 4.78 is 27.7. The van der Waals surface area contributed by atoms with Crippen molar-refractivity contribution in [1.29, 1.82) is 0 Å². The minimum Gasteiger partial charge on any atom is -0.346 e. The van der Waals surface area contributed by atoms with E-state index in [4.69, 9.17) is 4.98 Å². The van der Waals surface area contributed by atoms with Crippen molar-refractivity contribution in [2.75, 3.05) is 11.4 Å². The first kappa shape index (κ1) is 21.9. The topological polar surface area (TPSA) is 33.2 Å². The smallest absolute Gasteiger partial charge is 0.155 e. The maximum Gasteiger partial charge on any atom is 0.155 e. The number of piperidine rings is 1. The molecule has 0 radical (unpaired) electrons. The summed E-state index contributed by atoms with van der Waals surface area (Å²) in [6.45, 7) is 7.43. The van der Waals surface area contributed by atoms with Crippen LogP contribution in [0, 0.1) is 23.5 Å². The summed E-state index contributed by atoms with van der Waals surface area (Å²) in [6.07, 6.45) is 7.34. The molecule has 4 rings (SSSR count). The largest absolute Gasteiger partial charge is 0.346 e. The lowest BCUT2D eigenvalue weighted by molar-refractivity contribution is -0.121. The SMILES string of the molecule is CC(C)CCC1CCN2c3ncc(-c4ccc(F)cc4F)cc3C(C)CCC(=O)[C@H]2C1. The van der Waals surface area contributed by atoms with E-state index in [1.807, 2.05) is 6.07 Å². The number of pyridine rings is 1. The Kier molecular flexibility index (Phi) is 6.40. The molecule has 1 aromatic carbocycles. The summed E-state index contributed by atoms with van der Waals surface area (Å²) in [4.78, 5) is 20.0. The second-order valence-electron chi connectivity index (χ2n) is 9.74. The number of rotatable bonds is 4. The van der Waals surface area contributed by atoms with E-state index in [1.165, 1.54) is 25.0 Å². The Morgan fingerprint density at radius 3 is 2.74 bits per heavy atom. The Hall–Kier alpha value is -2.30. The summed E-state index contributed by atoms with van der Waals surface area (Å²) in [7, 11) is 0. The maximum absolute atomic E-state index is 14.4. The Morgan fingerprint density at radius 2 is 2.00 bits per heavy atom. The maximum atomic E-state index is 14.4. The van der Waals surface area contributed by atoms with Crippen molar-refractivity contribution in [2.24, 2.45) is 11.8 Å². The van der Waals surface area contributed by atoms with Crippen molar-refractivity contribution < 1.29 is 13.6 Å². The zero-order valence-corrected chi connectivity index (χ0v) is 18.7. The molecule has 2 unspecified atom stereocenters. The predicted octanol–water partition coefficient (Wildman–Crippen LogP) is 6.51. The number of benzene rings is 1. The van der Waals surface area contributed by atoms with E-state index >= 15 is 0 Å². The monoisotopic (exact) mass is 426 g/mol. The standard InChI is InChI=1S/C26H32F2N2O/c1-16(2)4-6-18-10-11-30-24(12-18)25(31)9-5-17(3)22-13-19(15-29-26(22)30)21-8-7-20(27)14-23(21)28/h7-8,13-18,24H,4-6,9-12H2,1-3H3/t17?,18?,24-/m1/s1. The van der Waals surface area contributed by atoms with Gasteiger partial charge in [-0.25, -0.2) is 13.8 Å². The third-order valence-corrected chi connectivity index (χ3v) is 7.00. The zero-order valence-electron chi connectivity index (χ0n) is 18.7. The lowest BCUT2D eigenvalue weighted by Crippen LogP contribution is -2.49. The van der Waals surface area contributed by atoms with Gasteiger partial charge in [0, 0.05) is 36.4 Å². The van der Waals surface area contributed by atoms with Crippen LogP contribution in [-0.4, -0.2) is 23.4 Å². The lowest BCUT2D eigenvalue weighted by atomic mass is 9.81. The second kappa shape index (κ2) is 9.05. The molecule has 3 nitrogen and oxygen atoms in total. The van der Waals surface area contributed by atoms with Crippen LogP contribution in [0.4, 0.5) is 14.6 Å². The van der Waals surface area contributed by atoms with E-state index < -0.39 is 11.6 Å². The molecule has 1 aromatic heterocycles. The molecule has 3 atom stereocenters. The van der Waals surface area contributed by atoms with Crippen LogP contribution < -0.4 is 4.90 Å². The highest BCUT2D eigenvalue weighted by molar-refractivity contribution is 5.88. The summed E-state index contributed by atoms with van der Waals surface area (Å²) in [6, 6.07) is 5.52. The first-order chi connectivity index (χ1) is 14.8. The molecule has 2 aliphatic rings. The van der Waals surface area contributed by atoms with Gasteiger partial charge in [0.1, 0.15) is 17.5 Å². The lowest BCUT2D eigenvalue weighted by Gasteiger charge is -2.42. The number of anilines is 1. The van der Waals surface area contributed by atoms with E-state index in [2.05, 4.69) is 25.7 Å². The Bertz CT molecular complexity index is 958. The number of Topliss-reactive ketones (excluding diaryl/α,β-unsaturated/α-hetero) is 1. The fraction of sp³-hybridized carbons (Fsp3) is 0.538. The van der Waals surface area contributed by atoms with E-state index in [0.29, 0.717) is 35.2 Å². The Labute approximate surface area is 183 Å². The van der Waals surface area contributed by atoms with Crippen molar-refractivity contribution in [3.63, 3.8) is 0 Å². The van der Waals surface area contributed by atoms with E-state index in [0.717, 1.165) is 43.3 Å². The molecule has 0 bridgehead atoms. The normalized spacial score (nSPS) is 23.9. The number of fused-ring (bicyclic) bond motifs is 3. The highest BCUT2D eigenvalue weighted by atomic mass is 19.1. The molecule has 1 saturated heterocycles. The molecule has 0 N–H and O–H groups in total. The van der Waals surface area contributed by atoms with Gasteiger partial charge in [-0.05, 0) is 60.8 Å². The van der Waals surface area contributed by atoms with Crippen LogP contribution in [0.2, 0.25) is 0 Å². The summed E-state index contributed by atoms with van der Waals surface area (Å²) in [5.41, 5.74) is 2.06. The number of ketones is 1. The van der Waals surface area contributed by atoms with Crippen LogP contribution in [0.5, 0.6) is 0 Å². The minimum atomic E-state index is -0.587. The van der Waals surface area contributed by atoms with Crippen LogP contribution in [0.3, 0.4) is 0 Å². The van der Waals surface area contributed by atoms with Crippen molar-refractivity contribution in [3.05, 3.63) is 47.7 Å². The summed E-state index contributed by atoms with van der Waals surface area (Å²) in [5.74, 6) is 1.42. The third kappa shape index (κ3) is 4.65. The molecule has 5 heteroatoms. The molecule has 2 aromatic rings. The van der Waals surface area contributed by atoms with Crippen molar-refractivity contribution >= 4 is 11.6 Å². The van der Waals surface area contributed by atoms with Crippen LogP contribution in [-0.2, 0) is 4.79 Å². The minimum absolute atomic E-state index is 0.113. The van der Waals surface area contributed by atoms with Crippen molar-refractivity contribution in [2.45, 2.75) is 71.3 Å². The Morgan fingerprint density at radius 1 is 1.19 bits per heavy atom. The van der Waals surface area contributed by atoms with Gasteiger partial charge in [-0.15, -0.1) is 0 Å². The van der Waals surface area contributed by atoms with E-state index in [1.54, 1.807) is 6.20 Å². The summed E-state index contributed by atoms with van der Waals surface area (Å²) in [5, 5.41) is 0. The summed E-state index contributed by atoms with van der Waals surface area (Å²) >= 11 is 0. The number of nitrogens with zero attached hydrogens (tertiary/aromatic N) is 2. The van der Waals surface area contributed by atoms with Crippen LogP contribution >= 0.6 is 0 Å². The number of halogens is 2. The fourth-order valence-corrected chi connectivity index (χ4v) is 5.06. The number of aromatic nitrogens is 1. The molecular weight excluding hydrogens is 394 g/mol. The number of hydrogen-bond donors (Lipinski definition) is 0. The van der Waals surface area contributed by atoms with Gasteiger partial charge in [0.15, 0.2) is 5.78 Å². The van der Waals surface area contributed by atoms with Crippen molar-refractivity contribution in [3.8, 4) is 11.1 Å². The highest BCUT2D eigenvalue weighted by Crippen LogP contribution is 2.40. The van der Waals surface area contributed by atoms with Crippen LogP contribution in [0.25, 0.3) is 11.1 Å². The van der Waals surface area contributed by atoms with Gasteiger partial charge in [0.05, 0.1) is 6.04 Å². The molecule has 31 heavy (non-hydrogen) atoms. The molecule has 0 amide bonds. The quantitative estimate of drug-likeness (QED) is 0.558. The number of carbonyl (C=O) groups is 1. The second-order valence-corrected chi connectivity index (χ2v) is 9.74. The molecule has 1 fully saturated rings. The van der Waals surface area contributed by atoms with Gasteiger partial charge < -0.3 is 4.90 Å². The zero-order chi connectivity index (χ0) is 22.1. The molecule has 166 valence electrons. The van der Waals surface area contributed by atoms with Gasteiger partial charge >= 0.3 is 0 Å². The van der Waals surface area contributed by atoms with Gasteiger partial charge in [-0.3, -0.25) is 4.79 Å². The number of carbonyl (C=O) groups excluding carboxylic acids is 1. The molecule has 0 saturated carbocycles. The van der Waals surface area contributed by atoms with E-state index in [9.17, 15) is 13.6 Å². The molecular formula is C26H32F2N2O. The molecule has 3 heterocycles. The predicted molar refractivity (Wildman–Crippen MR) is 120 cm³/mol. The van der Waals surface area contributed by atoms with Gasteiger partial charge in [0.2, 0.25) is 0 Å². The van der Waals surface area contributed by atoms with Crippen molar-refractivity contribution in [1.82, 2.24) is 4.98 Å². The van der Waals surface area contributed by atoms with E-state index in [-0.39, 0.29) is 12.0 Å². The first-order valence-electron chi connectivity index (χ1n) is 11.6. The average Bonchev–Trinajstić information content (AvgIpc) is 2.74. The van der Waals surface area contributed by atoms with Gasteiger partial charge in [-0.2, -0.15) is 0 Å². The number of hydrogen-bond acceptors (Lipinski definition) is 3. The Balaban J connectivity index is 1.67. The third-order valence-electron chi connectivity index (χ3n) is 7.00. The molecule has 0 aliphatic carbocycles. The molecule has 0 spiro atoms. The van der Waals surface area contributed by atoms with Crippen LogP contribution in [0.1, 0.15) is 70.8 Å². The fourth-order valence-electron chi connectivity index (χ4n) is 5.06. The van der Waals surface area contributed by atoms with Gasteiger partial charge in [-0.1, -0.05) is 33.6 Å². The average molecular weight is 427 g/mol. The first-order valence-corrected chi connectivity index (χ1v) is 11.6. The highest BCUT2D eigenvalue weighted by Gasteiger charge is 2.37. The molecule has 2 aliphatic heterocycles. The van der Waals surface area contributed by atoms with Crippen LogP contribution in [0.15, 0.2) is 30.5 Å².